The molecule has 1 aliphatic rings. The lowest BCUT2D eigenvalue weighted by Gasteiger charge is -2.06. The minimum absolute atomic E-state index is 0.00787. The van der Waals surface area contributed by atoms with Gasteiger partial charge < -0.3 is 5.11 Å². The molecule has 0 aliphatic heterocycles. The van der Waals surface area contributed by atoms with Crippen molar-refractivity contribution >= 4 is 10.0 Å². The largest absolute Gasteiger partial charge is 0.395 e. The Hall–Kier alpha value is -1.35. The maximum atomic E-state index is 12.0. The summed E-state index contributed by atoms with van der Waals surface area (Å²) >= 11 is 0. The summed E-state index contributed by atoms with van der Waals surface area (Å²) in [6.45, 7) is 0.524. The molecule has 2 rings (SSSR count). The quantitative estimate of drug-likeness (QED) is 0.793. The number of nitrogens with one attached hydrogen (secondary N) is 1. The maximum Gasteiger partial charge on any atom is 0.240 e. The standard InChI is InChI=1S/C14H17NO3S/c16-9-2-1-4-12-5-3-6-14(10-12)19(17,18)15-11-13-7-8-13/h3,5-6,10,13,15-16H,2,7-9,11H2. The molecule has 0 unspecified atom stereocenters. The van der Waals surface area contributed by atoms with Gasteiger partial charge in [-0.1, -0.05) is 17.9 Å². The van der Waals surface area contributed by atoms with E-state index in [1.165, 1.54) is 0 Å². The summed E-state index contributed by atoms with van der Waals surface area (Å²) in [7, 11) is -3.44. The molecule has 0 saturated heterocycles. The van der Waals surface area contributed by atoms with Gasteiger partial charge in [0, 0.05) is 18.5 Å². The average Bonchev–Trinajstić information content (AvgIpc) is 3.21. The van der Waals surface area contributed by atoms with Crippen molar-refractivity contribution in [1.82, 2.24) is 4.72 Å². The van der Waals surface area contributed by atoms with Crippen molar-refractivity contribution in [1.29, 1.82) is 0 Å². The first-order chi connectivity index (χ1) is 9.12. The van der Waals surface area contributed by atoms with Crippen LogP contribution in [0, 0.1) is 17.8 Å². The van der Waals surface area contributed by atoms with Gasteiger partial charge in [-0.15, -0.1) is 0 Å². The normalized spacial score (nSPS) is 14.8. The van der Waals surface area contributed by atoms with E-state index < -0.39 is 10.0 Å². The fraction of sp³-hybridized carbons (Fsp3) is 0.429. The van der Waals surface area contributed by atoms with Gasteiger partial charge in [0.05, 0.1) is 11.5 Å². The smallest absolute Gasteiger partial charge is 0.240 e. The predicted molar refractivity (Wildman–Crippen MR) is 72.9 cm³/mol. The van der Waals surface area contributed by atoms with E-state index in [9.17, 15) is 8.42 Å². The van der Waals surface area contributed by atoms with Crippen molar-refractivity contribution in [2.45, 2.75) is 24.2 Å². The third-order valence-electron chi connectivity index (χ3n) is 2.87. The molecule has 1 saturated carbocycles. The molecule has 0 aromatic heterocycles. The molecule has 0 amide bonds. The van der Waals surface area contributed by atoms with Crippen LogP contribution in [0.3, 0.4) is 0 Å². The Morgan fingerprint density at radius 3 is 2.84 bits per heavy atom. The lowest BCUT2D eigenvalue weighted by Crippen LogP contribution is -2.25. The summed E-state index contributed by atoms with van der Waals surface area (Å²) in [5.41, 5.74) is 0.641. The molecular formula is C14H17NO3S. The van der Waals surface area contributed by atoms with Crippen LogP contribution in [0.2, 0.25) is 0 Å². The highest BCUT2D eigenvalue weighted by molar-refractivity contribution is 7.89. The van der Waals surface area contributed by atoms with Crippen molar-refractivity contribution in [3.63, 3.8) is 0 Å². The van der Waals surface area contributed by atoms with Crippen molar-refractivity contribution in [2.24, 2.45) is 5.92 Å². The van der Waals surface area contributed by atoms with Crippen LogP contribution in [0.4, 0.5) is 0 Å². The van der Waals surface area contributed by atoms with Crippen molar-refractivity contribution in [3.05, 3.63) is 29.8 Å². The van der Waals surface area contributed by atoms with Gasteiger partial charge >= 0.3 is 0 Å². The molecule has 0 radical (unpaired) electrons. The summed E-state index contributed by atoms with van der Waals surface area (Å²) < 4.78 is 26.7. The van der Waals surface area contributed by atoms with Gasteiger partial charge in [-0.3, -0.25) is 0 Å². The van der Waals surface area contributed by atoms with Gasteiger partial charge in [-0.05, 0) is 37.0 Å². The van der Waals surface area contributed by atoms with E-state index in [2.05, 4.69) is 16.6 Å². The predicted octanol–water partition coefficient (Wildman–Crippen LogP) is 1.11. The molecule has 0 heterocycles. The summed E-state index contributed by atoms with van der Waals surface area (Å²) in [5.74, 6) is 6.11. The van der Waals surface area contributed by atoms with Gasteiger partial charge in [-0.2, -0.15) is 0 Å². The number of sulfonamides is 1. The van der Waals surface area contributed by atoms with Crippen molar-refractivity contribution < 1.29 is 13.5 Å². The third kappa shape index (κ3) is 4.35. The van der Waals surface area contributed by atoms with E-state index in [4.69, 9.17) is 5.11 Å². The molecule has 1 aromatic rings. The summed E-state index contributed by atoms with van der Waals surface area (Å²) in [6.07, 6.45) is 2.60. The summed E-state index contributed by atoms with van der Waals surface area (Å²) in [5, 5.41) is 8.65. The average molecular weight is 279 g/mol. The van der Waals surface area contributed by atoms with Crippen molar-refractivity contribution in [3.8, 4) is 11.8 Å². The first-order valence-corrected chi connectivity index (χ1v) is 7.79. The summed E-state index contributed by atoms with van der Waals surface area (Å²) in [6, 6.07) is 6.55. The number of hydrogen-bond acceptors (Lipinski definition) is 3. The zero-order valence-electron chi connectivity index (χ0n) is 10.6. The van der Waals surface area contributed by atoms with Crippen LogP contribution in [0.5, 0.6) is 0 Å². The van der Waals surface area contributed by atoms with E-state index in [1.54, 1.807) is 24.3 Å². The molecular weight excluding hydrogens is 262 g/mol. The van der Waals surface area contributed by atoms with E-state index in [1.807, 2.05) is 0 Å². The zero-order valence-corrected chi connectivity index (χ0v) is 11.4. The monoisotopic (exact) mass is 279 g/mol. The van der Waals surface area contributed by atoms with Gasteiger partial charge in [-0.25, -0.2) is 13.1 Å². The number of benzene rings is 1. The second kappa shape index (κ2) is 6.20. The lowest BCUT2D eigenvalue weighted by molar-refractivity contribution is 0.305. The van der Waals surface area contributed by atoms with Crippen LogP contribution in [-0.4, -0.2) is 26.7 Å². The molecule has 1 fully saturated rings. The number of rotatable bonds is 5. The molecule has 0 atom stereocenters. The first kappa shape index (κ1) is 14.1. The van der Waals surface area contributed by atoms with Gasteiger partial charge in [0.25, 0.3) is 0 Å². The van der Waals surface area contributed by atoms with Crippen LogP contribution in [0.25, 0.3) is 0 Å². The highest BCUT2D eigenvalue weighted by Crippen LogP contribution is 2.28. The molecule has 1 aromatic carbocycles. The number of aliphatic hydroxyl groups excluding tert-OH is 1. The Kier molecular flexibility index (Phi) is 4.59. The van der Waals surface area contributed by atoms with Crippen LogP contribution >= 0.6 is 0 Å². The van der Waals surface area contributed by atoms with Gasteiger partial charge in [0.1, 0.15) is 0 Å². The fourth-order valence-corrected chi connectivity index (χ4v) is 2.76. The lowest BCUT2D eigenvalue weighted by atomic mass is 10.2. The minimum Gasteiger partial charge on any atom is -0.395 e. The third-order valence-corrected chi connectivity index (χ3v) is 4.29. The Morgan fingerprint density at radius 2 is 2.16 bits per heavy atom. The van der Waals surface area contributed by atoms with E-state index in [-0.39, 0.29) is 11.5 Å². The number of hydrogen-bond donors (Lipinski definition) is 2. The zero-order chi connectivity index (χ0) is 13.7. The van der Waals surface area contributed by atoms with Crippen LogP contribution < -0.4 is 4.72 Å². The molecule has 4 nitrogen and oxygen atoms in total. The second-order valence-corrected chi connectivity index (χ2v) is 6.37. The first-order valence-electron chi connectivity index (χ1n) is 6.31. The van der Waals surface area contributed by atoms with E-state index >= 15 is 0 Å². The molecule has 1 aliphatic carbocycles. The highest BCUT2D eigenvalue weighted by atomic mass is 32.2. The van der Waals surface area contributed by atoms with Crippen LogP contribution in [0.15, 0.2) is 29.2 Å². The minimum atomic E-state index is -3.44. The second-order valence-electron chi connectivity index (χ2n) is 4.60. The number of aliphatic hydroxyl groups is 1. The highest BCUT2D eigenvalue weighted by Gasteiger charge is 2.24. The Labute approximate surface area is 113 Å². The topological polar surface area (TPSA) is 66.4 Å². The van der Waals surface area contributed by atoms with Gasteiger partial charge in [0.2, 0.25) is 10.0 Å². The van der Waals surface area contributed by atoms with Crippen molar-refractivity contribution in [2.75, 3.05) is 13.2 Å². The van der Waals surface area contributed by atoms with E-state index in [0.29, 0.717) is 24.4 Å². The Morgan fingerprint density at radius 1 is 1.37 bits per heavy atom. The maximum absolute atomic E-state index is 12.0. The molecule has 0 spiro atoms. The molecule has 19 heavy (non-hydrogen) atoms. The van der Waals surface area contributed by atoms with E-state index in [0.717, 1.165) is 12.8 Å². The molecule has 0 bridgehead atoms. The Bertz CT molecular complexity index is 595. The van der Waals surface area contributed by atoms with Crippen LogP contribution in [-0.2, 0) is 10.0 Å². The van der Waals surface area contributed by atoms with Gasteiger partial charge in [0.15, 0.2) is 0 Å². The molecule has 102 valence electrons. The molecule has 2 N–H and O–H groups in total. The fourth-order valence-electron chi connectivity index (χ4n) is 1.59. The SMILES string of the molecule is O=S(=O)(NCC1CC1)c1cccc(C#CCCO)c1. The summed E-state index contributed by atoms with van der Waals surface area (Å²) in [4.78, 5) is 0.240. The molecule has 5 heteroatoms. The van der Waals surface area contributed by atoms with Crippen LogP contribution in [0.1, 0.15) is 24.8 Å². The Balaban J connectivity index is 2.10.